The fourth-order valence-electron chi connectivity index (χ4n) is 3.89. The second kappa shape index (κ2) is 8.03. The highest BCUT2D eigenvalue weighted by Crippen LogP contribution is 2.31. The summed E-state index contributed by atoms with van der Waals surface area (Å²) in [4.78, 5) is 29.8. The van der Waals surface area contributed by atoms with Gasteiger partial charge in [0.1, 0.15) is 5.54 Å². The van der Waals surface area contributed by atoms with E-state index in [-0.39, 0.29) is 11.9 Å². The summed E-state index contributed by atoms with van der Waals surface area (Å²) in [7, 11) is 0. The topological polar surface area (TPSA) is 86.1 Å². The normalized spacial score (nSPS) is 15.3. The Morgan fingerprint density at radius 3 is 2.66 bits per heavy atom. The van der Waals surface area contributed by atoms with Gasteiger partial charge in [-0.05, 0) is 31.4 Å². The lowest BCUT2D eigenvalue weighted by Gasteiger charge is -2.27. The van der Waals surface area contributed by atoms with Crippen LogP contribution >= 0.6 is 0 Å². The van der Waals surface area contributed by atoms with Crippen molar-refractivity contribution in [1.82, 2.24) is 20.1 Å². The molecule has 0 bridgehead atoms. The highest BCUT2D eigenvalue weighted by atomic mass is 16.5. The molecule has 4 rings (SSSR count). The number of carbonyl (C=O) groups is 2. The quantitative estimate of drug-likeness (QED) is 0.652. The number of nitrogens with zero attached hydrogens (tertiary/aromatic N) is 3. The van der Waals surface area contributed by atoms with Gasteiger partial charge in [0.25, 0.3) is 5.91 Å². The van der Waals surface area contributed by atoms with Crippen LogP contribution in [0.2, 0.25) is 0 Å². The number of benzene rings is 1. The number of esters is 1. The van der Waals surface area contributed by atoms with Crippen molar-refractivity contribution in [2.24, 2.45) is 0 Å². The lowest BCUT2D eigenvalue weighted by Crippen LogP contribution is -2.53. The Kier molecular flexibility index (Phi) is 5.29. The van der Waals surface area contributed by atoms with Gasteiger partial charge in [-0.2, -0.15) is 5.10 Å². The first-order chi connectivity index (χ1) is 14.1. The molecule has 1 amide bonds. The Bertz CT molecular complexity index is 1020. The molecule has 7 heteroatoms. The van der Waals surface area contributed by atoms with Gasteiger partial charge in [-0.25, -0.2) is 14.5 Å². The minimum absolute atomic E-state index is 0.296. The van der Waals surface area contributed by atoms with Crippen molar-refractivity contribution in [2.45, 2.75) is 44.7 Å². The lowest BCUT2D eigenvalue weighted by atomic mass is 9.97. The highest BCUT2D eigenvalue weighted by Gasteiger charge is 2.44. The van der Waals surface area contributed by atoms with Crippen LogP contribution in [0.5, 0.6) is 0 Å². The number of amides is 1. The number of hydrogen-bond donors (Lipinski definition) is 1. The Morgan fingerprint density at radius 1 is 1.17 bits per heavy atom. The van der Waals surface area contributed by atoms with E-state index in [0.717, 1.165) is 23.8 Å². The van der Waals surface area contributed by atoms with Crippen LogP contribution in [0.1, 0.15) is 48.5 Å². The summed E-state index contributed by atoms with van der Waals surface area (Å²) >= 11 is 0. The summed E-state index contributed by atoms with van der Waals surface area (Å²) in [6.07, 6.45) is 6.23. The van der Waals surface area contributed by atoms with Crippen LogP contribution in [-0.2, 0) is 16.1 Å². The molecule has 1 fully saturated rings. The summed E-state index contributed by atoms with van der Waals surface area (Å²) in [5, 5.41) is 8.12. The SMILES string of the molecule is CCOC(=O)C1(NC(=O)c2cnc3c(cnn3Cc3ccccc3)c2)CCCC1. The van der Waals surface area contributed by atoms with Crippen molar-refractivity contribution < 1.29 is 14.3 Å². The lowest BCUT2D eigenvalue weighted by molar-refractivity contribution is -0.150. The fraction of sp³-hybridized carbons (Fsp3) is 0.364. The molecular weight excluding hydrogens is 368 g/mol. The van der Waals surface area contributed by atoms with Gasteiger partial charge in [0, 0.05) is 11.6 Å². The van der Waals surface area contributed by atoms with Crippen LogP contribution in [0.3, 0.4) is 0 Å². The Hall–Kier alpha value is -3.22. The van der Waals surface area contributed by atoms with Gasteiger partial charge in [0.05, 0.1) is 24.9 Å². The van der Waals surface area contributed by atoms with E-state index in [4.69, 9.17) is 4.74 Å². The summed E-state index contributed by atoms with van der Waals surface area (Å²) < 4.78 is 7.02. The van der Waals surface area contributed by atoms with Gasteiger partial charge in [-0.15, -0.1) is 0 Å². The molecular formula is C22H24N4O3. The van der Waals surface area contributed by atoms with Gasteiger partial charge in [-0.3, -0.25) is 4.79 Å². The third-order valence-electron chi connectivity index (χ3n) is 5.39. The molecule has 7 nitrogen and oxygen atoms in total. The molecule has 2 aromatic heterocycles. The molecule has 0 aliphatic heterocycles. The number of aromatic nitrogens is 3. The maximum absolute atomic E-state index is 12.9. The minimum Gasteiger partial charge on any atom is -0.464 e. The average molecular weight is 392 g/mol. The standard InChI is InChI=1S/C22H24N4O3/c1-2-29-21(28)22(10-6-7-11-22)25-20(27)18-12-17-14-24-26(19(17)23-13-18)15-16-8-4-3-5-9-16/h3-5,8-9,12-14H,2,6-7,10-11,15H2,1H3,(H,25,27). The van der Waals surface area contributed by atoms with Gasteiger partial charge < -0.3 is 10.1 Å². The maximum atomic E-state index is 12.9. The van der Waals surface area contributed by atoms with E-state index in [0.29, 0.717) is 37.2 Å². The predicted octanol–water partition coefficient (Wildman–Crippen LogP) is 3.09. The first kappa shape index (κ1) is 19.1. The Balaban J connectivity index is 1.55. The molecule has 150 valence electrons. The minimum atomic E-state index is -0.931. The number of pyridine rings is 1. The van der Waals surface area contributed by atoms with Crippen molar-refractivity contribution in [1.29, 1.82) is 0 Å². The third-order valence-corrected chi connectivity index (χ3v) is 5.39. The highest BCUT2D eigenvalue weighted by molar-refractivity contribution is 6.00. The Labute approximate surface area is 169 Å². The summed E-state index contributed by atoms with van der Waals surface area (Å²) in [5.74, 6) is -0.666. The first-order valence-electron chi connectivity index (χ1n) is 9.96. The van der Waals surface area contributed by atoms with Crippen LogP contribution in [0.25, 0.3) is 11.0 Å². The number of hydrogen-bond acceptors (Lipinski definition) is 5. The monoisotopic (exact) mass is 392 g/mol. The van der Waals surface area contributed by atoms with E-state index < -0.39 is 5.54 Å². The van der Waals surface area contributed by atoms with Gasteiger partial charge in [0.15, 0.2) is 5.65 Å². The van der Waals surface area contributed by atoms with Crippen molar-refractivity contribution in [3.63, 3.8) is 0 Å². The molecule has 1 aromatic carbocycles. The van der Waals surface area contributed by atoms with E-state index in [1.54, 1.807) is 19.2 Å². The van der Waals surface area contributed by atoms with E-state index in [9.17, 15) is 9.59 Å². The molecule has 1 saturated carbocycles. The van der Waals surface area contributed by atoms with Crippen LogP contribution in [0.4, 0.5) is 0 Å². The molecule has 1 aliphatic rings. The molecule has 0 saturated heterocycles. The zero-order valence-corrected chi connectivity index (χ0v) is 16.4. The molecule has 0 radical (unpaired) electrons. The van der Waals surface area contributed by atoms with E-state index in [1.807, 2.05) is 35.0 Å². The molecule has 3 aromatic rings. The Morgan fingerprint density at radius 2 is 1.93 bits per heavy atom. The maximum Gasteiger partial charge on any atom is 0.331 e. The predicted molar refractivity (Wildman–Crippen MR) is 108 cm³/mol. The zero-order chi connectivity index (χ0) is 20.3. The summed E-state index contributed by atoms with van der Waals surface area (Å²) in [6.45, 7) is 2.67. The largest absolute Gasteiger partial charge is 0.464 e. The van der Waals surface area contributed by atoms with Gasteiger partial charge >= 0.3 is 5.97 Å². The van der Waals surface area contributed by atoms with Gasteiger partial charge in [-0.1, -0.05) is 43.2 Å². The number of fused-ring (bicyclic) bond motifs is 1. The second-order valence-corrected chi connectivity index (χ2v) is 7.39. The second-order valence-electron chi connectivity index (χ2n) is 7.39. The molecule has 0 atom stereocenters. The van der Waals surface area contributed by atoms with E-state index in [2.05, 4.69) is 15.4 Å². The van der Waals surface area contributed by atoms with E-state index >= 15 is 0 Å². The summed E-state index contributed by atoms with van der Waals surface area (Å²) in [5.41, 5.74) is 1.32. The zero-order valence-electron chi connectivity index (χ0n) is 16.4. The number of ether oxygens (including phenoxy) is 1. The van der Waals surface area contributed by atoms with E-state index in [1.165, 1.54) is 6.20 Å². The number of nitrogens with one attached hydrogen (secondary N) is 1. The van der Waals surface area contributed by atoms with Crippen molar-refractivity contribution in [3.05, 3.63) is 59.9 Å². The third kappa shape index (κ3) is 3.85. The molecule has 0 unspecified atom stereocenters. The molecule has 1 aliphatic carbocycles. The van der Waals surface area contributed by atoms with Gasteiger partial charge in [0.2, 0.25) is 0 Å². The number of rotatable bonds is 6. The van der Waals surface area contributed by atoms with Crippen LogP contribution in [-0.4, -0.2) is 38.8 Å². The van der Waals surface area contributed by atoms with Crippen molar-refractivity contribution in [2.75, 3.05) is 6.61 Å². The molecule has 2 heterocycles. The number of carbonyl (C=O) groups excluding carboxylic acids is 2. The van der Waals surface area contributed by atoms with Crippen molar-refractivity contribution >= 4 is 22.9 Å². The average Bonchev–Trinajstić information content (AvgIpc) is 3.37. The van der Waals surface area contributed by atoms with Crippen molar-refractivity contribution in [3.8, 4) is 0 Å². The van der Waals surface area contributed by atoms with Crippen LogP contribution in [0.15, 0.2) is 48.8 Å². The molecule has 29 heavy (non-hydrogen) atoms. The van der Waals surface area contributed by atoms with Crippen LogP contribution < -0.4 is 5.32 Å². The smallest absolute Gasteiger partial charge is 0.331 e. The fourth-order valence-corrected chi connectivity index (χ4v) is 3.89. The summed E-state index contributed by atoms with van der Waals surface area (Å²) in [6, 6.07) is 11.8. The first-order valence-corrected chi connectivity index (χ1v) is 9.96. The van der Waals surface area contributed by atoms with Crippen LogP contribution in [0, 0.1) is 0 Å². The molecule has 1 N–H and O–H groups in total. The molecule has 0 spiro atoms.